The molecule has 0 aliphatic heterocycles. The third-order valence-electron chi connectivity index (χ3n) is 2.05. The smallest absolute Gasteiger partial charge is 0.187 e. The molecule has 1 atom stereocenters. The number of alkyl halides is 1. The highest BCUT2D eigenvalue weighted by atomic mass is 79.9. The summed E-state index contributed by atoms with van der Waals surface area (Å²) >= 11 is 5.08. The van der Waals surface area contributed by atoms with E-state index in [1.807, 2.05) is 20.1 Å². The Bertz CT molecular complexity index is 318. The van der Waals surface area contributed by atoms with Crippen LogP contribution in [0.4, 0.5) is 0 Å². The maximum absolute atomic E-state index is 5.53. The monoisotopic (exact) mass is 320 g/mol. The van der Waals surface area contributed by atoms with Crippen molar-refractivity contribution < 1.29 is 9.47 Å². The van der Waals surface area contributed by atoms with Crippen molar-refractivity contribution >= 4 is 27.7 Å². The van der Waals surface area contributed by atoms with Crippen LogP contribution in [0.25, 0.3) is 0 Å². The molecule has 1 aromatic rings. The third kappa shape index (κ3) is 4.54. The molecule has 6 heteroatoms. The van der Waals surface area contributed by atoms with E-state index < -0.39 is 0 Å². The van der Waals surface area contributed by atoms with Gasteiger partial charge in [0.15, 0.2) is 11.4 Å². The largest absolute Gasteiger partial charge is 0.351 e. The fraction of sp³-hybridized carbons (Fsp3) is 0.636. The molecule has 0 bridgehead atoms. The van der Waals surface area contributed by atoms with Crippen molar-refractivity contribution in [1.29, 1.82) is 0 Å². The molecular formula is C11H17BrN2O2S. The molecule has 4 nitrogen and oxygen atoms in total. The van der Waals surface area contributed by atoms with Gasteiger partial charge in [0.2, 0.25) is 0 Å². The zero-order valence-corrected chi connectivity index (χ0v) is 12.6. The lowest BCUT2D eigenvalue weighted by Gasteiger charge is -2.22. The summed E-state index contributed by atoms with van der Waals surface area (Å²) in [5, 5.41) is 0.762. The van der Waals surface area contributed by atoms with Crippen LogP contribution >= 0.6 is 27.7 Å². The van der Waals surface area contributed by atoms with Crippen LogP contribution in [0.3, 0.4) is 0 Å². The van der Waals surface area contributed by atoms with E-state index in [-0.39, 0.29) is 11.1 Å². The van der Waals surface area contributed by atoms with Gasteiger partial charge in [-0.25, -0.2) is 9.97 Å². The Morgan fingerprint density at radius 3 is 2.18 bits per heavy atom. The average Bonchev–Trinajstić information content (AvgIpc) is 2.38. The molecule has 0 aliphatic rings. The molecule has 0 saturated carbocycles. The first-order valence-electron chi connectivity index (χ1n) is 5.46. The van der Waals surface area contributed by atoms with Crippen molar-refractivity contribution in [1.82, 2.24) is 9.97 Å². The lowest BCUT2D eigenvalue weighted by atomic mass is 10.2. The Morgan fingerprint density at radius 2 is 1.76 bits per heavy atom. The maximum Gasteiger partial charge on any atom is 0.187 e. The van der Waals surface area contributed by atoms with Gasteiger partial charge in [-0.15, -0.1) is 0 Å². The fourth-order valence-electron chi connectivity index (χ4n) is 1.28. The first kappa shape index (κ1) is 14.9. The van der Waals surface area contributed by atoms with E-state index in [1.54, 1.807) is 12.4 Å². The summed E-state index contributed by atoms with van der Waals surface area (Å²) in [4.78, 5) is 8.41. The van der Waals surface area contributed by atoms with Crippen molar-refractivity contribution in [2.45, 2.75) is 30.1 Å². The zero-order valence-electron chi connectivity index (χ0n) is 10.2. The van der Waals surface area contributed by atoms with Crippen LogP contribution in [-0.2, 0) is 9.47 Å². The van der Waals surface area contributed by atoms with Gasteiger partial charge in [0.1, 0.15) is 0 Å². The number of rotatable bonds is 7. The lowest BCUT2D eigenvalue weighted by molar-refractivity contribution is -0.135. The number of hydrogen-bond donors (Lipinski definition) is 0. The standard InChI is InChI=1S/C11H17BrN2O2S/c1-4-15-10(16-5-2)9(12)8-6-13-11(17-3)14-7-8/h6-7,9-10H,4-5H2,1-3H3. The normalized spacial score (nSPS) is 13.0. The van der Waals surface area contributed by atoms with Crippen molar-refractivity contribution in [3.63, 3.8) is 0 Å². The van der Waals surface area contributed by atoms with E-state index in [1.165, 1.54) is 11.8 Å². The minimum absolute atomic E-state index is 0.0571. The van der Waals surface area contributed by atoms with Gasteiger partial charge in [-0.2, -0.15) is 0 Å². The molecule has 17 heavy (non-hydrogen) atoms. The highest BCUT2D eigenvalue weighted by Crippen LogP contribution is 2.28. The number of hydrogen-bond acceptors (Lipinski definition) is 5. The second-order valence-electron chi connectivity index (χ2n) is 3.18. The van der Waals surface area contributed by atoms with Crippen LogP contribution in [0, 0.1) is 0 Å². The van der Waals surface area contributed by atoms with Gasteiger partial charge in [0.05, 0.1) is 4.83 Å². The first-order valence-corrected chi connectivity index (χ1v) is 7.60. The molecule has 0 aromatic carbocycles. The van der Waals surface area contributed by atoms with E-state index in [0.29, 0.717) is 13.2 Å². The molecular weight excluding hydrogens is 304 g/mol. The van der Waals surface area contributed by atoms with Gasteiger partial charge >= 0.3 is 0 Å². The summed E-state index contributed by atoms with van der Waals surface area (Å²) in [5.74, 6) is 0. The zero-order chi connectivity index (χ0) is 12.7. The minimum Gasteiger partial charge on any atom is -0.351 e. The molecule has 0 N–H and O–H groups in total. The predicted octanol–water partition coefficient (Wildman–Crippen LogP) is 3.03. The molecule has 1 aromatic heterocycles. The van der Waals surface area contributed by atoms with Crippen molar-refractivity contribution in [3.8, 4) is 0 Å². The Balaban J connectivity index is 2.73. The summed E-state index contributed by atoms with van der Waals surface area (Å²) in [5.41, 5.74) is 0.953. The van der Waals surface area contributed by atoms with Crippen LogP contribution in [-0.4, -0.2) is 35.7 Å². The Hall–Kier alpha value is -0.170. The second-order valence-corrected chi connectivity index (χ2v) is 4.94. The quantitative estimate of drug-likeness (QED) is 0.334. The van der Waals surface area contributed by atoms with Gasteiger partial charge in [0, 0.05) is 31.2 Å². The fourth-order valence-corrected chi connectivity index (χ4v) is 2.13. The van der Waals surface area contributed by atoms with E-state index in [2.05, 4.69) is 25.9 Å². The molecule has 0 spiro atoms. The van der Waals surface area contributed by atoms with Crippen LogP contribution in [0.15, 0.2) is 17.6 Å². The molecule has 0 saturated heterocycles. The van der Waals surface area contributed by atoms with E-state index in [4.69, 9.17) is 9.47 Å². The molecule has 0 amide bonds. The first-order chi connectivity index (χ1) is 8.22. The van der Waals surface area contributed by atoms with Crippen molar-refractivity contribution in [2.75, 3.05) is 19.5 Å². The van der Waals surface area contributed by atoms with Gasteiger partial charge in [-0.1, -0.05) is 27.7 Å². The number of ether oxygens (including phenoxy) is 2. The highest BCUT2D eigenvalue weighted by Gasteiger charge is 2.22. The molecule has 0 radical (unpaired) electrons. The summed E-state index contributed by atoms with van der Waals surface area (Å²) in [6.45, 7) is 5.10. The molecule has 1 rings (SSSR count). The van der Waals surface area contributed by atoms with Crippen molar-refractivity contribution in [3.05, 3.63) is 18.0 Å². The van der Waals surface area contributed by atoms with E-state index in [9.17, 15) is 0 Å². The average molecular weight is 321 g/mol. The van der Waals surface area contributed by atoms with Gasteiger partial charge in [0.25, 0.3) is 0 Å². The number of aromatic nitrogens is 2. The van der Waals surface area contributed by atoms with Gasteiger partial charge < -0.3 is 9.47 Å². The molecule has 0 fully saturated rings. The van der Waals surface area contributed by atoms with Gasteiger partial charge in [-0.05, 0) is 20.1 Å². The number of thioether (sulfide) groups is 1. The predicted molar refractivity (Wildman–Crippen MR) is 72.5 cm³/mol. The van der Waals surface area contributed by atoms with Crippen LogP contribution in [0.2, 0.25) is 0 Å². The van der Waals surface area contributed by atoms with E-state index in [0.717, 1.165) is 10.7 Å². The van der Waals surface area contributed by atoms with Crippen LogP contribution < -0.4 is 0 Å². The Labute approximate surface area is 115 Å². The summed E-state index contributed by atoms with van der Waals surface area (Å²) in [6.07, 6.45) is 5.23. The Morgan fingerprint density at radius 1 is 1.24 bits per heavy atom. The van der Waals surface area contributed by atoms with E-state index >= 15 is 0 Å². The van der Waals surface area contributed by atoms with Gasteiger partial charge in [-0.3, -0.25) is 0 Å². The topological polar surface area (TPSA) is 44.2 Å². The van der Waals surface area contributed by atoms with Crippen LogP contribution in [0.1, 0.15) is 24.2 Å². The van der Waals surface area contributed by atoms with Crippen molar-refractivity contribution in [2.24, 2.45) is 0 Å². The molecule has 96 valence electrons. The molecule has 0 aliphatic carbocycles. The summed E-state index contributed by atoms with van der Waals surface area (Å²) < 4.78 is 11.1. The minimum atomic E-state index is -0.311. The highest BCUT2D eigenvalue weighted by molar-refractivity contribution is 9.09. The van der Waals surface area contributed by atoms with Crippen LogP contribution in [0.5, 0.6) is 0 Å². The lowest BCUT2D eigenvalue weighted by Crippen LogP contribution is -2.22. The SMILES string of the molecule is CCOC(OCC)C(Br)c1cnc(SC)nc1. The summed E-state index contributed by atoms with van der Waals surface area (Å²) in [7, 11) is 0. The molecule has 1 unspecified atom stereocenters. The third-order valence-corrected chi connectivity index (χ3v) is 3.59. The maximum atomic E-state index is 5.53. The second kappa shape index (κ2) is 8.02. The molecule has 1 heterocycles. The number of nitrogens with zero attached hydrogens (tertiary/aromatic N) is 2. The number of halogens is 1. The summed E-state index contributed by atoms with van der Waals surface area (Å²) in [6, 6.07) is 0. The Kier molecular flexibility index (Phi) is 7.03.